The van der Waals surface area contributed by atoms with Gasteiger partial charge in [-0.2, -0.15) is 0 Å². The second-order valence-corrected chi connectivity index (χ2v) is 1.98. The summed E-state index contributed by atoms with van der Waals surface area (Å²) in [5.74, 6) is 0. The van der Waals surface area contributed by atoms with E-state index in [0.29, 0.717) is 0 Å². The number of allylic oxidation sites excluding steroid dienone is 1. The van der Waals surface area contributed by atoms with Crippen LogP contribution in [0.2, 0.25) is 0 Å². The number of benzene rings is 1. The summed E-state index contributed by atoms with van der Waals surface area (Å²) in [6.45, 7) is 3.66. The molecule has 1 aromatic rings. The van der Waals surface area contributed by atoms with Crippen LogP contribution < -0.4 is 0 Å². The molecule has 58 valence electrons. The van der Waals surface area contributed by atoms with Crippen molar-refractivity contribution < 1.29 is 2.85 Å². The molecule has 0 N–H and O–H groups in total. The first-order valence-electron chi connectivity index (χ1n) is 3.08. The van der Waals surface area contributed by atoms with E-state index in [1.54, 1.807) is 0 Å². The largest absolute Gasteiger partial charge is 2.00 e. The maximum absolute atomic E-state index is 3.66. The molecule has 1 heteroatoms. The molecule has 0 aliphatic rings. The van der Waals surface area contributed by atoms with E-state index in [1.165, 1.54) is 5.56 Å². The van der Waals surface area contributed by atoms with Crippen molar-refractivity contribution in [3.63, 3.8) is 0 Å². The Morgan fingerprint density at radius 1 is 1.27 bits per heavy atom. The van der Waals surface area contributed by atoms with Crippen molar-refractivity contribution in [2.45, 2.75) is 13.8 Å². The summed E-state index contributed by atoms with van der Waals surface area (Å²) >= 11 is 0. The van der Waals surface area contributed by atoms with E-state index in [2.05, 4.69) is 18.7 Å². The Balaban J connectivity index is -0.000000101. The molecule has 0 atom stereocenters. The molecule has 1 rings (SSSR count). The molecule has 0 aromatic heterocycles. The van der Waals surface area contributed by atoms with Crippen molar-refractivity contribution in [3.8, 4) is 0 Å². The van der Waals surface area contributed by atoms with Crippen molar-refractivity contribution in [1.82, 2.24) is 0 Å². The van der Waals surface area contributed by atoms with Gasteiger partial charge in [0.2, 0.25) is 0 Å². The van der Waals surface area contributed by atoms with E-state index in [9.17, 15) is 0 Å². The van der Waals surface area contributed by atoms with Crippen LogP contribution in [0.3, 0.4) is 0 Å². The zero-order chi connectivity index (χ0) is 6.53. The summed E-state index contributed by atoms with van der Waals surface area (Å²) in [6, 6.07) is 10.3. The maximum atomic E-state index is 3.66. The van der Waals surface area contributed by atoms with Crippen LogP contribution in [-0.4, -0.2) is 37.7 Å². The van der Waals surface area contributed by atoms with Crippen LogP contribution in [-0.2, 0) is 6.42 Å². The van der Waals surface area contributed by atoms with Gasteiger partial charge in [0.15, 0.2) is 0 Å². The standard InChI is InChI=1S/C9H10.CH4.Ca.2H/c1-2-6-9-7-4-3-5-8-9;;;;/h2-5,7-8H,1,6H2;1H4;;;/q;;+2;2*-1. The quantitative estimate of drug-likeness (QED) is 0.480. The molecule has 0 heterocycles. The van der Waals surface area contributed by atoms with Crippen molar-refractivity contribution in [1.29, 1.82) is 0 Å². The molecule has 0 aliphatic carbocycles. The molecule has 0 unspecified atom stereocenters. The summed E-state index contributed by atoms with van der Waals surface area (Å²) in [5.41, 5.74) is 1.33. The van der Waals surface area contributed by atoms with Crippen molar-refractivity contribution in [2.24, 2.45) is 0 Å². The minimum atomic E-state index is 0. The average Bonchev–Trinajstić information content (AvgIpc) is 1.91. The predicted molar refractivity (Wildman–Crippen MR) is 55.1 cm³/mol. The van der Waals surface area contributed by atoms with Crippen LogP contribution >= 0.6 is 0 Å². The van der Waals surface area contributed by atoms with Crippen molar-refractivity contribution in [3.05, 3.63) is 48.6 Å². The van der Waals surface area contributed by atoms with Crippen LogP contribution in [0.5, 0.6) is 0 Å². The molecule has 0 saturated heterocycles. The molecule has 0 bridgehead atoms. The smallest absolute Gasteiger partial charge is 1.00 e. The third-order valence-corrected chi connectivity index (χ3v) is 1.22. The van der Waals surface area contributed by atoms with Crippen LogP contribution in [0, 0.1) is 0 Å². The van der Waals surface area contributed by atoms with Gasteiger partial charge in [-0.05, 0) is 12.0 Å². The van der Waals surface area contributed by atoms with Gasteiger partial charge in [-0.25, -0.2) is 0 Å². The second-order valence-electron chi connectivity index (χ2n) is 1.98. The van der Waals surface area contributed by atoms with Gasteiger partial charge in [0, 0.05) is 0 Å². The molecule has 0 amide bonds. The number of hydrogen-bond acceptors (Lipinski definition) is 0. The van der Waals surface area contributed by atoms with Crippen LogP contribution in [0.4, 0.5) is 0 Å². The van der Waals surface area contributed by atoms with Crippen LogP contribution in [0.1, 0.15) is 15.8 Å². The van der Waals surface area contributed by atoms with Gasteiger partial charge < -0.3 is 2.85 Å². The molecule has 11 heavy (non-hydrogen) atoms. The molecule has 1 aromatic carbocycles. The third kappa shape index (κ3) is 5.49. The Hall–Kier alpha value is 0.220. The third-order valence-electron chi connectivity index (χ3n) is 1.22. The van der Waals surface area contributed by atoms with Crippen LogP contribution in [0.15, 0.2) is 43.0 Å². The van der Waals surface area contributed by atoms with E-state index in [1.807, 2.05) is 24.3 Å². The molecular formula is C10H16Ca. The average molecular weight is 176 g/mol. The monoisotopic (exact) mass is 176 g/mol. The Kier molecular flexibility index (Phi) is 10.4. The van der Waals surface area contributed by atoms with Crippen molar-refractivity contribution in [2.75, 3.05) is 0 Å². The van der Waals surface area contributed by atoms with E-state index in [-0.39, 0.29) is 48.0 Å². The van der Waals surface area contributed by atoms with Gasteiger partial charge in [-0.3, -0.25) is 0 Å². The van der Waals surface area contributed by atoms with E-state index in [0.717, 1.165) is 6.42 Å². The Labute approximate surface area is 102 Å². The molecule has 0 fully saturated rings. The summed E-state index contributed by atoms with van der Waals surface area (Å²) in [6.07, 6.45) is 2.89. The molecule has 0 aliphatic heterocycles. The SMILES string of the molecule is C.C=CCc1ccccc1.[Ca+2].[H-].[H-]. The minimum absolute atomic E-state index is 0. The summed E-state index contributed by atoms with van der Waals surface area (Å²) < 4.78 is 0. The van der Waals surface area contributed by atoms with Gasteiger partial charge in [0.05, 0.1) is 0 Å². The van der Waals surface area contributed by atoms with E-state index < -0.39 is 0 Å². The molecule has 0 spiro atoms. The van der Waals surface area contributed by atoms with Gasteiger partial charge in [0.1, 0.15) is 0 Å². The Morgan fingerprint density at radius 3 is 2.27 bits per heavy atom. The first-order chi connectivity index (χ1) is 4.43. The summed E-state index contributed by atoms with van der Waals surface area (Å²) in [4.78, 5) is 0. The zero-order valence-corrected chi connectivity index (χ0v) is 8.29. The Bertz CT molecular complexity index is 187. The number of hydrogen-bond donors (Lipinski definition) is 0. The molecule has 0 nitrogen and oxygen atoms in total. The van der Waals surface area contributed by atoms with Gasteiger partial charge >= 0.3 is 37.7 Å². The van der Waals surface area contributed by atoms with Crippen LogP contribution in [0.25, 0.3) is 0 Å². The van der Waals surface area contributed by atoms with Gasteiger partial charge in [-0.15, -0.1) is 6.58 Å². The summed E-state index contributed by atoms with van der Waals surface area (Å²) in [7, 11) is 0. The fourth-order valence-electron chi connectivity index (χ4n) is 0.781. The first kappa shape index (κ1) is 13.8. The Morgan fingerprint density at radius 2 is 1.82 bits per heavy atom. The van der Waals surface area contributed by atoms with E-state index >= 15 is 0 Å². The second kappa shape index (κ2) is 8.32. The van der Waals surface area contributed by atoms with Gasteiger partial charge in [0.25, 0.3) is 0 Å². The number of rotatable bonds is 2. The van der Waals surface area contributed by atoms with Crippen molar-refractivity contribution >= 4 is 37.7 Å². The zero-order valence-electron chi connectivity index (χ0n) is 8.09. The fraction of sp³-hybridized carbons (Fsp3) is 0.200. The molecule has 0 saturated carbocycles. The predicted octanol–water partition coefficient (Wildman–Crippen LogP) is 2.90. The topological polar surface area (TPSA) is 0 Å². The maximum Gasteiger partial charge on any atom is 2.00 e. The van der Waals surface area contributed by atoms with E-state index in [4.69, 9.17) is 0 Å². The first-order valence-corrected chi connectivity index (χ1v) is 3.08. The molecule has 0 radical (unpaired) electrons. The normalized spacial score (nSPS) is 7.27. The molecular weight excluding hydrogens is 160 g/mol. The van der Waals surface area contributed by atoms with Gasteiger partial charge in [-0.1, -0.05) is 43.8 Å². The minimum Gasteiger partial charge on any atom is -1.00 e. The summed E-state index contributed by atoms with van der Waals surface area (Å²) in [5, 5.41) is 0. The fourth-order valence-corrected chi connectivity index (χ4v) is 0.781.